The number of ketones is 1. The van der Waals surface area contributed by atoms with E-state index in [0.29, 0.717) is 12.8 Å². The van der Waals surface area contributed by atoms with Crippen LogP contribution in [0.1, 0.15) is 22.7 Å². The standard InChI is InChI=1S/C12H13NOS2/c1-9-7-16-12(13-9)6-11(14)3-2-10-4-5-15-8-10/h4-5,7-8H,2-3,6H2,1H3. The topological polar surface area (TPSA) is 30.0 Å². The lowest BCUT2D eigenvalue weighted by Gasteiger charge is -1.97. The summed E-state index contributed by atoms with van der Waals surface area (Å²) >= 11 is 3.25. The van der Waals surface area contributed by atoms with E-state index in [9.17, 15) is 4.79 Å². The van der Waals surface area contributed by atoms with Gasteiger partial charge in [-0.05, 0) is 35.7 Å². The molecule has 0 spiro atoms. The molecule has 0 radical (unpaired) electrons. The molecule has 2 nitrogen and oxygen atoms in total. The number of carbonyl (C=O) groups excluding carboxylic acids is 1. The molecule has 0 saturated heterocycles. The van der Waals surface area contributed by atoms with Crippen molar-refractivity contribution in [3.8, 4) is 0 Å². The van der Waals surface area contributed by atoms with E-state index in [0.717, 1.165) is 17.1 Å². The number of Topliss-reactive ketones (excluding diaryl/α,β-unsaturated/α-hetero) is 1. The third kappa shape index (κ3) is 3.25. The Bertz CT molecular complexity index is 459. The van der Waals surface area contributed by atoms with Gasteiger partial charge in [-0.15, -0.1) is 11.3 Å². The Hall–Kier alpha value is -1.00. The zero-order chi connectivity index (χ0) is 11.4. The zero-order valence-corrected chi connectivity index (χ0v) is 10.7. The quantitative estimate of drug-likeness (QED) is 0.816. The fourth-order valence-corrected chi connectivity index (χ4v) is 2.96. The first-order valence-electron chi connectivity index (χ1n) is 5.18. The van der Waals surface area contributed by atoms with Gasteiger partial charge in [0.25, 0.3) is 0 Å². The van der Waals surface area contributed by atoms with Crippen molar-refractivity contribution < 1.29 is 4.79 Å². The minimum absolute atomic E-state index is 0.278. The summed E-state index contributed by atoms with van der Waals surface area (Å²) in [6.07, 6.45) is 1.96. The molecule has 0 aliphatic carbocycles. The molecule has 0 bridgehead atoms. The lowest BCUT2D eigenvalue weighted by atomic mass is 10.1. The van der Waals surface area contributed by atoms with Crippen LogP contribution < -0.4 is 0 Å². The molecule has 16 heavy (non-hydrogen) atoms. The van der Waals surface area contributed by atoms with Crippen LogP contribution in [0.15, 0.2) is 22.2 Å². The van der Waals surface area contributed by atoms with Gasteiger partial charge in [-0.2, -0.15) is 11.3 Å². The second-order valence-corrected chi connectivity index (χ2v) is 5.45. The van der Waals surface area contributed by atoms with Gasteiger partial charge in [-0.3, -0.25) is 4.79 Å². The summed E-state index contributed by atoms with van der Waals surface area (Å²) in [5.74, 6) is 0.278. The van der Waals surface area contributed by atoms with Crippen molar-refractivity contribution >= 4 is 28.5 Å². The van der Waals surface area contributed by atoms with Crippen LogP contribution in [0, 0.1) is 6.92 Å². The van der Waals surface area contributed by atoms with Crippen LogP contribution in [0.2, 0.25) is 0 Å². The van der Waals surface area contributed by atoms with E-state index >= 15 is 0 Å². The maximum Gasteiger partial charge on any atom is 0.140 e. The number of thiophene rings is 1. The second kappa shape index (κ2) is 5.37. The summed E-state index contributed by atoms with van der Waals surface area (Å²) < 4.78 is 0. The number of thiazole rings is 1. The Labute approximate surface area is 103 Å². The number of hydrogen-bond donors (Lipinski definition) is 0. The summed E-state index contributed by atoms with van der Waals surface area (Å²) in [4.78, 5) is 16.0. The fraction of sp³-hybridized carbons (Fsp3) is 0.333. The largest absolute Gasteiger partial charge is 0.299 e. The molecule has 0 unspecified atom stereocenters. The van der Waals surface area contributed by atoms with E-state index in [1.807, 2.05) is 17.7 Å². The first-order chi connectivity index (χ1) is 7.74. The molecule has 0 N–H and O–H groups in total. The highest BCUT2D eigenvalue weighted by molar-refractivity contribution is 7.09. The Morgan fingerprint density at radius 1 is 1.44 bits per heavy atom. The summed E-state index contributed by atoms with van der Waals surface area (Å²) in [5, 5.41) is 7.07. The molecule has 2 heterocycles. The monoisotopic (exact) mass is 251 g/mol. The molecule has 0 aromatic carbocycles. The number of aromatic nitrogens is 1. The number of rotatable bonds is 5. The maximum atomic E-state index is 11.7. The third-order valence-corrected chi connectivity index (χ3v) is 3.99. The summed E-state index contributed by atoms with van der Waals surface area (Å²) in [6.45, 7) is 1.95. The van der Waals surface area contributed by atoms with Crippen molar-refractivity contribution in [1.29, 1.82) is 0 Å². The van der Waals surface area contributed by atoms with E-state index in [1.165, 1.54) is 5.56 Å². The van der Waals surface area contributed by atoms with Crippen LogP contribution in [0.4, 0.5) is 0 Å². The number of nitrogens with zero attached hydrogens (tertiary/aromatic N) is 1. The van der Waals surface area contributed by atoms with Gasteiger partial charge in [0.05, 0.1) is 6.42 Å². The van der Waals surface area contributed by atoms with E-state index in [2.05, 4.69) is 16.4 Å². The van der Waals surface area contributed by atoms with Crippen LogP contribution in [0.25, 0.3) is 0 Å². The van der Waals surface area contributed by atoms with Crippen molar-refractivity contribution in [2.24, 2.45) is 0 Å². The molecule has 0 aliphatic heterocycles. The van der Waals surface area contributed by atoms with Gasteiger partial charge in [0.15, 0.2) is 0 Å². The summed E-state index contributed by atoms with van der Waals surface area (Å²) in [5.41, 5.74) is 2.26. The zero-order valence-electron chi connectivity index (χ0n) is 9.10. The van der Waals surface area contributed by atoms with Crippen molar-refractivity contribution in [2.75, 3.05) is 0 Å². The van der Waals surface area contributed by atoms with Gasteiger partial charge in [0, 0.05) is 17.5 Å². The smallest absolute Gasteiger partial charge is 0.140 e. The minimum Gasteiger partial charge on any atom is -0.299 e. The molecule has 0 fully saturated rings. The first kappa shape index (κ1) is 11.5. The SMILES string of the molecule is Cc1csc(CC(=O)CCc2ccsc2)n1. The highest BCUT2D eigenvalue weighted by Crippen LogP contribution is 2.12. The predicted octanol–water partition coefficient (Wildman–Crippen LogP) is 3.26. The molecular formula is C12H13NOS2. The number of carbonyl (C=O) groups is 1. The van der Waals surface area contributed by atoms with Gasteiger partial charge < -0.3 is 0 Å². The molecule has 0 atom stereocenters. The molecule has 0 aliphatic rings. The Balaban J connectivity index is 1.81. The van der Waals surface area contributed by atoms with E-state index in [4.69, 9.17) is 0 Å². The molecule has 4 heteroatoms. The average molecular weight is 251 g/mol. The van der Waals surface area contributed by atoms with Crippen LogP contribution in [0.3, 0.4) is 0 Å². The maximum absolute atomic E-state index is 11.7. The Morgan fingerprint density at radius 2 is 2.31 bits per heavy atom. The van der Waals surface area contributed by atoms with Crippen LogP contribution in [-0.2, 0) is 17.6 Å². The lowest BCUT2D eigenvalue weighted by molar-refractivity contribution is -0.118. The van der Waals surface area contributed by atoms with Crippen LogP contribution in [0.5, 0.6) is 0 Å². The van der Waals surface area contributed by atoms with Gasteiger partial charge in [-0.1, -0.05) is 0 Å². The van der Waals surface area contributed by atoms with E-state index in [-0.39, 0.29) is 5.78 Å². The fourth-order valence-electron chi connectivity index (χ4n) is 1.46. The Morgan fingerprint density at radius 3 is 2.94 bits per heavy atom. The molecule has 2 aromatic rings. The van der Waals surface area contributed by atoms with Crippen molar-refractivity contribution in [3.05, 3.63) is 38.5 Å². The summed E-state index contributed by atoms with van der Waals surface area (Å²) in [6, 6.07) is 2.07. The van der Waals surface area contributed by atoms with Crippen molar-refractivity contribution in [3.63, 3.8) is 0 Å². The molecule has 0 saturated carbocycles. The highest BCUT2D eigenvalue weighted by Gasteiger charge is 2.07. The Kier molecular flexibility index (Phi) is 3.85. The van der Waals surface area contributed by atoms with Crippen molar-refractivity contribution in [2.45, 2.75) is 26.2 Å². The van der Waals surface area contributed by atoms with Crippen molar-refractivity contribution in [1.82, 2.24) is 4.98 Å². The van der Waals surface area contributed by atoms with E-state index in [1.54, 1.807) is 22.7 Å². The van der Waals surface area contributed by atoms with Gasteiger partial charge in [-0.25, -0.2) is 4.98 Å². The van der Waals surface area contributed by atoms with Gasteiger partial charge in [0.2, 0.25) is 0 Å². The second-order valence-electron chi connectivity index (χ2n) is 3.73. The molecule has 0 amide bonds. The number of aryl methyl sites for hydroxylation is 2. The molecule has 2 rings (SSSR count). The highest BCUT2D eigenvalue weighted by atomic mass is 32.1. The predicted molar refractivity (Wildman–Crippen MR) is 68.2 cm³/mol. The van der Waals surface area contributed by atoms with Crippen LogP contribution >= 0.6 is 22.7 Å². The molecule has 2 aromatic heterocycles. The molecule has 84 valence electrons. The first-order valence-corrected chi connectivity index (χ1v) is 7.00. The average Bonchev–Trinajstić information content (AvgIpc) is 2.87. The third-order valence-electron chi connectivity index (χ3n) is 2.29. The van der Waals surface area contributed by atoms with Gasteiger partial charge >= 0.3 is 0 Å². The molecular weight excluding hydrogens is 238 g/mol. The number of hydrogen-bond acceptors (Lipinski definition) is 4. The van der Waals surface area contributed by atoms with Gasteiger partial charge in [0.1, 0.15) is 10.8 Å². The lowest BCUT2D eigenvalue weighted by Crippen LogP contribution is -2.03. The minimum atomic E-state index is 0.278. The van der Waals surface area contributed by atoms with Crippen LogP contribution in [-0.4, -0.2) is 10.8 Å². The normalized spacial score (nSPS) is 10.6. The summed E-state index contributed by atoms with van der Waals surface area (Å²) in [7, 11) is 0. The van der Waals surface area contributed by atoms with E-state index < -0.39 is 0 Å².